The van der Waals surface area contributed by atoms with E-state index in [1.165, 1.54) is 18.2 Å². The molecule has 3 rings (SSSR count). The van der Waals surface area contributed by atoms with E-state index in [4.69, 9.17) is 0 Å². The van der Waals surface area contributed by atoms with Crippen LogP contribution < -0.4 is 5.32 Å². The normalized spacial score (nSPS) is 20.1. The summed E-state index contributed by atoms with van der Waals surface area (Å²) in [5.74, 6) is -0.581. The van der Waals surface area contributed by atoms with E-state index in [1.807, 2.05) is 0 Å². The monoisotopic (exact) mass is 287 g/mol. The molecule has 1 saturated carbocycles. The van der Waals surface area contributed by atoms with Gasteiger partial charge in [-0.1, -0.05) is 30.3 Å². The van der Waals surface area contributed by atoms with E-state index >= 15 is 0 Å². The van der Waals surface area contributed by atoms with E-state index in [-0.39, 0.29) is 35.9 Å². The van der Waals surface area contributed by atoms with Gasteiger partial charge in [0.1, 0.15) is 11.6 Å². The van der Waals surface area contributed by atoms with Gasteiger partial charge in [-0.3, -0.25) is 4.79 Å². The van der Waals surface area contributed by atoms with Gasteiger partial charge in [0.2, 0.25) is 5.91 Å². The summed E-state index contributed by atoms with van der Waals surface area (Å²) in [6.45, 7) is 0. The second kappa shape index (κ2) is 5.64. The largest absolute Gasteiger partial charge is 0.352 e. The molecular weight excluding hydrogens is 272 g/mol. The number of carbonyl (C=O) groups is 1. The number of amides is 1. The minimum absolute atomic E-state index is 0.0410. The molecule has 0 saturated heterocycles. The molecule has 0 unspecified atom stereocenters. The molecule has 0 heterocycles. The summed E-state index contributed by atoms with van der Waals surface area (Å²) < 4.78 is 26.3. The highest BCUT2D eigenvalue weighted by Gasteiger charge is 2.39. The predicted octanol–water partition coefficient (Wildman–Crippen LogP) is 3.18. The molecule has 1 amide bonds. The van der Waals surface area contributed by atoms with Crippen molar-refractivity contribution in [2.45, 2.75) is 24.8 Å². The lowest BCUT2D eigenvalue weighted by Crippen LogP contribution is -2.28. The van der Waals surface area contributed by atoms with E-state index in [1.54, 1.807) is 30.3 Å². The first-order valence-corrected chi connectivity index (χ1v) is 6.92. The molecule has 2 aromatic rings. The highest BCUT2D eigenvalue weighted by atomic mass is 19.1. The zero-order valence-electron chi connectivity index (χ0n) is 11.4. The Labute approximate surface area is 121 Å². The summed E-state index contributed by atoms with van der Waals surface area (Å²) in [6, 6.07) is 12.7. The van der Waals surface area contributed by atoms with Crippen LogP contribution >= 0.6 is 0 Å². The van der Waals surface area contributed by atoms with Crippen molar-refractivity contribution in [3.63, 3.8) is 0 Å². The number of rotatable bonds is 4. The molecule has 2 atom stereocenters. The molecule has 108 valence electrons. The summed E-state index contributed by atoms with van der Waals surface area (Å²) >= 11 is 0. The maximum atomic E-state index is 13.5. The maximum Gasteiger partial charge on any atom is 0.224 e. The molecule has 0 spiro atoms. The van der Waals surface area contributed by atoms with Crippen molar-refractivity contribution in [2.24, 2.45) is 0 Å². The quantitative estimate of drug-likeness (QED) is 0.919. The number of hydrogen-bond donors (Lipinski definition) is 1. The first-order chi connectivity index (χ1) is 10.1. The van der Waals surface area contributed by atoms with Crippen LogP contribution in [0.5, 0.6) is 0 Å². The second-order valence-electron chi connectivity index (χ2n) is 5.34. The van der Waals surface area contributed by atoms with Crippen LogP contribution in [0.4, 0.5) is 8.78 Å². The number of carbonyl (C=O) groups excluding carboxylic acids is 1. The number of benzene rings is 2. The van der Waals surface area contributed by atoms with Crippen molar-refractivity contribution >= 4 is 5.91 Å². The molecule has 0 bridgehead atoms. The highest BCUT2D eigenvalue weighted by Crippen LogP contribution is 2.40. The lowest BCUT2D eigenvalue weighted by molar-refractivity contribution is -0.120. The van der Waals surface area contributed by atoms with Crippen LogP contribution in [-0.2, 0) is 11.2 Å². The van der Waals surface area contributed by atoms with E-state index < -0.39 is 0 Å². The Bertz CT molecular complexity index is 654. The van der Waals surface area contributed by atoms with Gasteiger partial charge in [-0.25, -0.2) is 8.78 Å². The summed E-state index contributed by atoms with van der Waals surface area (Å²) in [5.41, 5.74) is 1.42. The topological polar surface area (TPSA) is 29.1 Å². The Hall–Kier alpha value is -2.23. The van der Waals surface area contributed by atoms with Crippen molar-refractivity contribution in [1.29, 1.82) is 0 Å². The van der Waals surface area contributed by atoms with Crippen molar-refractivity contribution < 1.29 is 13.6 Å². The molecule has 0 radical (unpaired) electrons. The molecule has 1 aliphatic rings. The van der Waals surface area contributed by atoms with Crippen LogP contribution in [0, 0.1) is 11.6 Å². The average molecular weight is 287 g/mol. The molecule has 1 N–H and O–H groups in total. The summed E-state index contributed by atoms with van der Waals surface area (Å²) in [6.07, 6.45) is 0.883. The number of halogens is 2. The van der Waals surface area contributed by atoms with Gasteiger partial charge in [0, 0.05) is 12.0 Å². The fraction of sp³-hybridized carbons (Fsp3) is 0.235. The zero-order chi connectivity index (χ0) is 14.8. The molecule has 1 aliphatic carbocycles. The van der Waals surface area contributed by atoms with Gasteiger partial charge in [0.05, 0.1) is 6.42 Å². The van der Waals surface area contributed by atoms with Gasteiger partial charge in [0.25, 0.3) is 0 Å². The van der Waals surface area contributed by atoms with Crippen LogP contribution in [0.2, 0.25) is 0 Å². The van der Waals surface area contributed by atoms with E-state index in [2.05, 4.69) is 5.32 Å². The van der Waals surface area contributed by atoms with Gasteiger partial charge >= 0.3 is 0 Å². The molecule has 21 heavy (non-hydrogen) atoms. The minimum atomic E-state index is -0.362. The third kappa shape index (κ3) is 3.27. The van der Waals surface area contributed by atoms with Crippen LogP contribution in [0.15, 0.2) is 48.5 Å². The smallest absolute Gasteiger partial charge is 0.224 e. The Balaban J connectivity index is 1.55. The third-order valence-corrected chi connectivity index (χ3v) is 3.74. The molecular formula is C17H15F2NO. The number of nitrogens with one attached hydrogen (secondary N) is 1. The van der Waals surface area contributed by atoms with Crippen LogP contribution in [-0.4, -0.2) is 11.9 Å². The lowest BCUT2D eigenvalue weighted by Gasteiger charge is -2.06. The van der Waals surface area contributed by atoms with Gasteiger partial charge in [-0.2, -0.15) is 0 Å². The van der Waals surface area contributed by atoms with Crippen LogP contribution in [0.3, 0.4) is 0 Å². The fourth-order valence-corrected chi connectivity index (χ4v) is 2.51. The molecule has 0 aromatic heterocycles. The van der Waals surface area contributed by atoms with Crippen LogP contribution in [0.1, 0.15) is 23.5 Å². The Morgan fingerprint density at radius 1 is 1.10 bits per heavy atom. The zero-order valence-corrected chi connectivity index (χ0v) is 11.4. The summed E-state index contributed by atoms with van der Waals surface area (Å²) in [5, 5.41) is 2.89. The maximum absolute atomic E-state index is 13.5. The van der Waals surface area contributed by atoms with Gasteiger partial charge in [-0.05, 0) is 35.7 Å². The second-order valence-corrected chi connectivity index (χ2v) is 5.34. The molecule has 2 nitrogen and oxygen atoms in total. The molecule has 2 aromatic carbocycles. The lowest BCUT2D eigenvalue weighted by atomic mass is 10.1. The van der Waals surface area contributed by atoms with Gasteiger partial charge in [0.15, 0.2) is 0 Å². The third-order valence-electron chi connectivity index (χ3n) is 3.74. The number of hydrogen-bond acceptors (Lipinski definition) is 1. The fourth-order valence-electron chi connectivity index (χ4n) is 2.51. The summed E-state index contributed by atoms with van der Waals surface area (Å²) in [4.78, 5) is 11.9. The predicted molar refractivity (Wildman–Crippen MR) is 75.8 cm³/mol. The van der Waals surface area contributed by atoms with E-state index in [9.17, 15) is 13.6 Å². The first-order valence-electron chi connectivity index (χ1n) is 6.92. The molecule has 0 aliphatic heterocycles. The standard InChI is InChI=1S/C17H15F2NO/c18-13-7-5-11(6-8-13)14-10-16(14)20-17(21)9-12-3-1-2-4-15(12)19/h1-8,14,16H,9-10H2,(H,20,21)/t14-,16+/m0/s1. The van der Waals surface area contributed by atoms with Crippen molar-refractivity contribution in [3.8, 4) is 0 Å². The SMILES string of the molecule is O=C(Cc1ccccc1F)N[C@@H]1C[C@H]1c1ccc(F)cc1. The van der Waals surface area contributed by atoms with Crippen molar-refractivity contribution in [3.05, 3.63) is 71.3 Å². The molecule has 1 fully saturated rings. The van der Waals surface area contributed by atoms with Crippen molar-refractivity contribution in [2.75, 3.05) is 0 Å². The minimum Gasteiger partial charge on any atom is -0.352 e. The van der Waals surface area contributed by atoms with Gasteiger partial charge < -0.3 is 5.32 Å². The average Bonchev–Trinajstić information content (AvgIpc) is 3.21. The molecule has 4 heteroatoms. The summed E-state index contributed by atoms with van der Waals surface area (Å²) in [7, 11) is 0. The van der Waals surface area contributed by atoms with Gasteiger partial charge in [-0.15, -0.1) is 0 Å². The Morgan fingerprint density at radius 2 is 1.81 bits per heavy atom. The Morgan fingerprint density at radius 3 is 2.52 bits per heavy atom. The van der Waals surface area contributed by atoms with Crippen LogP contribution in [0.25, 0.3) is 0 Å². The van der Waals surface area contributed by atoms with Crippen molar-refractivity contribution in [1.82, 2.24) is 5.32 Å². The first kappa shape index (κ1) is 13.7. The van der Waals surface area contributed by atoms with E-state index in [0.717, 1.165) is 12.0 Å². The Kier molecular flexibility index (Phi) is 3.69. The highest BCUT2D eigenvalue weighted by molar-refractivity contribution is 5.79. The van der Waals surface area contributed by atoms with E-state index in [0.29, 0.717) is 5.56 Å².